The molecule has 3 heteroatoms. The molecule has 0 radical (unpaired) electrons. The summed E-state index contributed by atoms with van der Waals surface area (Å²) in [6, 6.07) is 8.23. The van der Waals surface area contributed by atoms with Gasteiger partial charge in [-0.25, -0.2) is 0 Å². The molecule has 1 N–H and O–H groups in total. The molecule has 0 heterocycles. The molecule has 2 nitrogen and oxygen atoms in total. The van der Waals surface area contributed by atoms with Crippen LogP contribution in [0.3, 0.4) is 0 Å². The second-order valence-electron chi connectivity index (χ2n) is 5.46. The summed E-state index contributed by atoms with van der Waals surface area (Å²) in [6.45, 7) is 6.14. The molecule has 0 bridgehead atoms. The van der Waals surface area contributed by atoms with Crippen LogP contribution in [0.4, 0.5) is 0 Å². The topological polar surface area (TPSA) is 37.3 Å². The Morgan fingerprint density at radius 1 is 1.32 bits per heavy atom. The first kappa shape index (κ1) is 14.3. The van der Waals surface area contributed by atoms with E-state index in [1.807, 2.05) is 12.1 Å². The van der Waals surface area contributed by atoms with Crippen LogP contribution in [-0.4, -0.2) is 11.1 Å². The molecule has 102 valence electrons. The lowest BCUT2D eigenvalue weighted by Gasteiger charge is -2.35. The number of halogens is 1. The highest BCUT2D eigenvalue weighted by Gasteiger charge is 2.34. The maximum absolute atomic E-state index is 11.2. The van der Waals surface area contributed by atoms with E-state index in [9.17, 15) is 9.90 Å². The summed E-state index contributed by atoms with van der Waals surface area (Å²) in [6.07, 6.45) is 2.40. The number of aliphatic carboxylic acids is 1. The van der Waals surface area contributed by atoms with E-state index in [-0.39, 0.29) is 11.8 Å². The van der Waals surface area contributed by atoms with Gasteiger partial charge in [-0.1, -0.05) is 40.2 Å². The molecular weight excluding hydrogens is 304 g/mol. The van der Waals surface area contributed by atoms with E-state index in [1.54, 1.807) is 0 Å². The molecule has 0 aliphatic heterocycles. The fourth-order valence-electron chi connectivity index (χ4n) is 3.06. The third-order valence-corrected chi connectivity index (χ3v) is 4.66. The minimum absolute atomic E-state index is 0.218. The van der Waals surface area contributed by atoms with Gasteiger partial charge in [-0.3, -0.25) is 4.79 Å². The molecule has 19 heavy (non-hydrogen) atoms. The highest BCUT2D eigenvalue weighted by Crippen LogP contribution is 2.43. The normalized spacial score (nSPS) is 26.9. The van der Waals surface area contributed by atoms with E-state index in [4.69, 9.17) is 0 Å². The van der Waals surface area contributed by atoms with Gasteiger partial charge in [-0.15, -0.1) is 0 Å². The zero-order valence-corrected chi connectivity index (χ0v) is 12.7. The Kier molecular flexibility index (Phi) is 4.46. The van der Waals surface area contributed by atoms with Crippen molar-refractivity contribution in [1.29, 1.82) is 0 Å². The number of hydrogen-bond donors (Lipinski definition) is 1. The lowest BCUT2D eigenvalue weighted by molar-refractivity contribution is -0.143. The molecule has 1 aromatic carbocycles. The molecule has 0 amide bonds. The van der Waals surface area contributed by atoms with Crippen molar-refractivity contribution >= 4 is 21.9 Å². The van der Waals surface area contributed by atoms with Crippen LogP contribution in [0.2, 0.25) is 0 Å². The first-order chi connectivity index (χ1) is 8.99. The number of hydrogen-bond acceptors (Lipinski definition) is 1. The Morgan fingerprint density at radius 2 is 1.95 bits per heavy atom. The number of allylic oxidation sites excluding steroid dienone is 1. The van der Waals surface area contributed by atoms with Gasteiger partial charge >= 0.3 is 5.97 Å². The summed E-state index contributed by atoms with van der Waals surface area (Å²) in [5, 5.41) is 9.24. The predicted octanol–water partition coefficient (Wildman–Crippen LogP) is 4.61. The fraction of sp³-hybridized carbons (Fsp3) is 0.438. The molecular formula is C16H19BrO2. The van der Waals surface area contributed by atoms with Crippen molar-refractivity contribution in [1.82, 2.24) is 0 Å². The summed E-state index contributed by atoms with van der Waals surface area (Å²) < 4.78 is 1.05. The van der Waals surface area contributed by atoms with Gasteiger partial charge in [0, 0.05) is 4.47 Å². The fourth-order valence-corrected chi connectivity index (χ4v) is 3.33. The molecule has 2 rings (SSSR count). The van der Waals surface area contributed by atoms with Crippen LogP contribution >= 0.6 is 15.9 Å². The van der Waals surface area contributed by atoms with Crippen molar-refractivity contribution in [2.45, 2.75) is 32.1 Å². The van der Waals surface area contributed by atoms with Gasteiger partial charge in [0.2, 0.25) is 0 Å². The second-order valence-corrected chi connectivity index (χ2v) is 6.37. The Bertz CT molecular complexity index is 478. The van der Waals surface area contributed by atoms with Gasteiger partial charge in [0.05, 0.1) is 5.92 Å². The average molecular weight is 323 g/mol. The van der Waals surface area contributed by atoms with E-state index in [0.29, 0.717) is 12.3 Å². The predicted molar refractivity (Wildman–Crippen MR) is 80.2 cm³/mol. The zero-order valence-electron chi connectivity index (χ0n) is 11.1. The van der Waals surface area contributed by atoms with Gasteiger partial charge in [0.15, 0.2) is 0 Å². The summed E-state index contributed by atoms with van der Waals surface area (Å²) in [5.41, 5.74) is 2.39. The SMILES string of the molecule is C=C(C)[C@@H]1CC[C@@H](C(=O)O)C[C@H]1c1ccc(Br)cc1. The molecule has 1 aliphatic carbocycles. The van der Waals surface area contributed by atoms with Crippen molar-refractivity contribution < 1.29 is 9.90 Å². The van der Waals surface area contributed by atoms with E-state index >= 15 is 0 Å². The minimum Gasteiger partial charge on any atom is -0.481 e. The first-order valence-electron chi connectivity index (χ1n) is 6.62. The van der Waals surface area contributed by atoms with E-state index in [0.717, 1.165) is 22.9 Å². The van der Waals surface area contributed by atoms with Crippen molar-refractivity contribution in [2.24, 2.45) is 11.8 Å². The Morgan fingerprint density at radius 3 is 2.47 bits per heavy atom. The monoisotopic (exact) mass is 322 g/mol. The highest BCUT2D eigenvalue weighted by molar-refractivity contribution is 9.10. The van der Waals surface area contributed by atoms with Crippen molar-refractivity contribution in [3.8, 4) is 0 Å². The first-order valence-corrected chi connectivity index (χ1v) is 7.42. The maximum atomic E-state index is 11.2. The quantitative estimate of drug-likeness (QED) is 0.825. The lowest BCUT2D eigenvalue weighted by Crippen LogP contribution is -2.28. The van der Waals surface area contributed by atoms with Crippen LogP contribution in [0, 0.1) is 11.8 Å². The van der Waals surface area contributed by atoms with Gasteiger partial charge in [0.1, 0.15) is 0 Å². The molecule has 0 aromatic heterocycles. The van der Waals surface area contributed by atoms with Crippen LogP contribution in [0.15, 0.2) is 40.9 Å². The number of carboxylic acids is 1. The van der Waals surface area contributed by atoms with Crippen LogP contribution in [0.25, 0.3) is 0 Å². The number of rotatable bonds is 3. The third-order valence-electron chi connectivity index (χ3n) is 4.13. The van der Waals surface area contributed by atoms with E-state index < -0.39 is 5.97 Å². The molecule has 1 fully saturated rings. The van der Waals surface area contributed by atoms with Gasteiger partial charge in [0.25, 0.3) is 0 Å². The van der Waals surface area contributed by atoms with Crippen molar-refractivity contribution in [3.05, 3.63) is 46.5 Å². The smallest absolute Gasteiger partial charge is 0.306 e. The Hall–Kier alpha value is -1.09. The van der Waals surface area contributed by atoms with Gasteiger partial charge in [-0.2, -0.15) is 0 Å². The molecule has 0 unspecified atom stereocenters. The van der Waals surface area contributed by atoms with E-state index in [1.165, 1.54) is 5.56 Å². The number of carboxylic acid groups (broad SMARTS) is 1. The molecule has 0 spiro atoms. The summed E-state index contributed by atoms with van der Waals surface area (Å²) in [4.78, 5) is 11.2. The Balaban J connectivity index is 2.27. The van der Waals surface area contributed by atoms with Crippen LogP contribution < -0.4 is 0 Å². The third kappa shape index (κ3) is 3.27. The largest absolute Gasteiger partial charge is 0.481 e. The maximum Gasteiger partial charge on any atom is 0.306 e. The molecule has 1 aromatic rings. The summed E-state index contributed by atoms with van der Waals surface area (Å²) in [7, 11) is 0. The van der Waals surface area contributed by atoms with Crippen LogP contribution in [0.1, 0.15) is 37.7 Å². The lowest BCUT2D eigenvalue weighted by atomic mass is 9.69. The molecule has 1 saturated carbocycles. The van der Waals surface area contributed by atoms with Crippen LogP contribution in [-0.2, 0) is 4.79 Å². The summed E-state index contributed by atoms with van der Waals surface area (Å²) >= 11 is 3.44. The second kappa shape index (κ2) is 5.91. The van der Waals surface area contributed by atoms with Gasteiger partial charge < -0.3 is 5.11 Å². The minimum atomic E-state index is -0.665. The summed E-state index contributed by atoms with van der Waals surface area (Å²) in [5.74, 6) is -0.205. The molecule has 3 atom stereocenters. The average Bonchev–Trinajstić information content (AvgIpc) is 2.38. The van der Waals surface area contributed by atoms with Crippen molar-refractivity contribution in [3.63, 3.8) is 0 Å². The van der Waals surface area contributed by atoms with E-state index in [2.05, 4.69) is 41.6 Å². The van der Waals surface area contributed by atoms with Gasteiger partial charge in [-0.05, 0) is 55.7 Å². The molecule has 1 aliphatic rings. The van der Waals surface area contributed by atoms with Crippen LogP contribution in [0.5, 0.6) is 0 Å². The highest BCUT2D eigenvalue weighted by atomic mass is 79.9. The number of carbonyl (C=O) groups is 1. The number of benzene rings is 1. The molecule has 0 saturated heterocycles. The zero-order chi connectivity index (χ0) is 14.0. The standard InChI is InChI=1S/C16H19BrO2/c1-10(2)14-8-5-12(16(18)19)9-15(14)11-3-6-13(17)7-4-11/h3-4,6-7,12,14-15H,1,5,8-9H2,2H3,(H,18,19)/t12-,14+,15+/m1/s1. The van der Waals surface area contributed by atoms with Crippen molar-refractivity contribution in [2.75, 3.05) is 0 Å². The Labute approximate surface area is 122 Å².